The van der Waals surface area contributed by atoms with Crippen LogP contribution in [0, 0.1) is 15.9 Å². The van der Waals surface area contributed by atoms with Crippen molar-refractivity contribution in [2.75, 3.05) is 36.4 Å². The Labute approximate surface area is 197 Å². The molecule has 1 heterocycles. The number of sulfonamides is 1. The Hall–Kier alpha value is -3.50. The normalized spacial score (nSPS) is 15.6. The maximum atomic E-state index is 13.2. The molecule has 178 valence electrons. The summed E-state index contributed by atoms with van der Waals surface area (Å²) < 4.78 is 40.3. The molecule has 0 aromatic heterocycles. The van der Waals surface area contributed by atoms with Gasteiger partial charge in [0.15, 0.2) is 0 Å². The molecule has 0 unspecified atom stereocenters. The topological polar surface area (TPSA) is 95.8 Å². The van der Waals surface area contributed by atoms with Gasteiger partial charge in [-0.2, -0.15) is 4.31 Å². The van der Waals surface area contributed by atoms with Crippen molar-refractivity contribution in [3.8, 4) is 0 Å². The quantitative estimate of drug-likeness (QED) is 0.394. The van der Waals surface area contributed by atoms with Crippen molar-refractivity contribution in [1.82, 2.24) is 4.31 Å². The van der Waals surface area contributed by atoms with Gasteiger partial charge in [0, 0.05) is 44.0 Å². The second-order valence-electron chi connectivity index (χ2n) is 8.08. The smallest absolute Gasteiger partial charge is 0.292 e. The highest BCUT2D eigenvalue weighted by atomic mass is 32.2. The summed E-state index contributed by atoms with van der Waals surface area (Å²) in [5.74, 6) is -0.493. The number of anilines is 2. The third kappa shape index (κ3) is 5.02. The van der Waals surface area contributed by atoms with Crippen molar-refractivity contribution in [3.05, 3.63) is 94.3 Å². The third-order valence-corrected chi connectivity index (χ3v) is 7.82. The average Bonchev–Trinajstić information content (AvgIpc) is 2.84. The Morgan fingerprint density at radius 2 is 1.62 bits per heavy atom. The second-order valence-corrected chi connectivity index (χ2v) is 10.0. The summed E-state index contributed by atoms with van der Waals surface area (Å²) in [6.07, 6.45) is 0. The molecule has 1 N–H and O–H groups in total. The van der Waals surface area contributed by atoms with Crippen molar-refractivity contribution in [2.45, 2.75) is 17.9 Å². The van der Waals surface area contributed by atoms with Crippen molar-refractivity contribution in [1.29, 1.82) is 0 Å². The monoisotopic (exact) mass is 484 g/mol. The minimum Gasteiger partial charge on any atom is -0.373 e. The molecule has 0 bridgehead atoms. The fourth-order valence-electron chi connectivity index (χ4n) is 4.00. The molecule has 8 nitrogen and oxygen atoms in total. The van der Waals surface area contributed by atoms with Crippen molar-refractivity contribution in [3.63, 3.8) is 0 Å². The first-order valence-corrected chi connectivity index (χ1v) is 12.3. The summed E-state index contributed by atoms with van der Waals surface area (Å²) in [6, 6.07) is 19.2. The number of rotatable bonds is 7. The zero-order valence-electron chi connectivity index (χ0n) is 18.6. The van der Waals surface area contributed by atoms with E-state index in [0.29, 0.717) is 18.8 Å². The fourth-order valence-corrected chi connectivity index (χ4v) is 5.42. The highest BCUT2D eigenvalue weighted by molar-refractivity contribution is 7.89. The molecule has 3 aromatic carbocycles. The summed E-state index contributed by atoms with van der Waals surface area (Å²) in [4.78, 5) is 13.2. The molecule has 3 aromatic rings. The minimum absolute atomic E-state index is 0.0240. The van der Waals surface area contributed by atoms with E-state index in [-0.39, 0.29) is 29.7 Å². The molecule has 0 aliphatic carbocycles. The number of nitrogens with zero attached hydrogens (tertiary/aromatic N) is 3. The summed E-state index contributed by atoms with van der Waals surface area (Å²) in [6.45, 7) is 3.28. The average molecular weight is 485 g/mol. The van der Waals surface area contributed by atoms with Gasteiger partial charge in [0.25, 0.3) is 5.69 Å². The van der Waals surface area contributed by atoms with Crippen LogP contribution in [0.25, 0.3) is 0 Å². The number of piperazine rings is 1. The van der Waals surface area contributed by atoms with Crippen LogP contribution in [0.1, 0.15) is 18.5 Å². The highest BCUT2D eigenvalue weighted by Gasteiger charge is 2.29. The highest BCUT2D eigenvalue weighted by Crippen LogP contribution is 2.33. The van der Waals surface area contributed by atoms with E-state index in [2.05, 4.69) is 5.32 Å². The van der Waals surface area contributed by atoms with Gasteiger partial charge in [-0.1, -0.05) is 30.3 Å². The zero-order chi connectivity index (χ0) is 24.3. The molecule has 0 saturated carbocycles. The first kappa shape index (κ1) is 23.7. The Bertz CT molecular complexity index is 1260. The van der Waals surface area contributed by atoms with Crippen LogP contribution >= 0.6 is 0 Å². The summed E-state index contributed by atoms with van der Waals surface area (Å²) >= 11 is 0. The molecule has 0 spiro atoms. The van der Waals surface area contributed by atoms with Gasteiger partial charge in [-0.05, 0) is 48.9 Å². The molecule has 1 aliphatic heterocycles. The molecule has 1 fully saturated rings. The lowest BCUT2D eigenvalue weighted by atomic mass is 10.1. The Balaban J connectivity index is 1.50. The third-order valence-electron chi connectivity index (χ3n) is 5.90. The molecule has 1 saturated heterocycles. The second kappa shape index (κ2) is 9.78. The van der Waals surface area contributed by atoms with Crippen LogP contribution in [0.2, 0.25) is 0 Å². The summed E-state index contributed by atoms with van der Waals surface area (Å²) in [5, 5.41) is 14.8. The van der Waals surface area contributed by atoms with E-state index in [0.717, 1.165) is 23.4 Å². The largest absolute Gasteiger partial charge is 0.373 e. The maximum Gasteiger partial charge on any atom is 0.292 e. The van der Waals surface area contributed by atoms with Gasteiger partial charge in [-0.25, -0.2) is 12.8 Å². The summed E-state index contributed by atoms with van der Waals surface area (Å²) in [7, 11) is -3.72. The van der Waals surface area contributed by atoms with E-state index < -0.39 is 20.8 Å². The molecule has 4 rings (SSSR count). The number of benzene rings is 3. The van der Waals surface area contributed by atoms with Crippen LogP contribution in [-0.4, -0.2) is 43.8 Å². The molecule has 1 aliphatic rings. The van der Waals surface area contributed by atoms with E-state index in [4.69, 9.17) is 0 Å². The van der Waals surface area contributed by atoms with E-state index in [1.54, 1.807) is 12.1 Å². The number of nitro groups is 1. The van der Waals surface area contributed by atoms with Crippen molar-refractivity contribution >= 4 is 27.1 Å². The molecule has 10 heteroatoms. The van der Waals surface area contributed by atoms with Crippen LogP contribution in [0.4, 0.5) is 21.5 Å². The summed E-state index contributed by atoms with van der Waals surface area (Å²) in [5.41, 5.74) is 2.15. The van der Waals surface area contributed by atoms with Gasteiger partial charge >= 0.3 is 0 Å². The van der Waals surface area contributed by atoms with Crippen LogP contribution in [0.3, 0.4) is 0 Å². The fraction of sp³-hybridized carbons (Fsp3) is 0.250. The van der Waals surface area contributed by atoms with Crippen LogP contribution < -0.4 is 10.2 Å². The van der Waals surface area contributed by atoms with Gasteiger partial charge in [-0.3, -0.25) is 10.1 Å². The number of halogens is 1. The Morgan fingerprint density at radius 1 is 0.971 bits per heavy atom. The van der Waals surface area contributed by atoms with Crippen molar-refractivity contribution in [2.24, 2.45) is 0 Å². The Morgan fingerprint density at radius 3 is 2.24 bits per heavy atom. The first-order valence-electron chi connectivity index (χ1n) is 10.9. The van der Waals surface area contributed by atoms with Crippen LogP contribution in [-0.2, 0) is 10.0 Å². The zero-order valence-corrected chi connectivity index (χ0v) is 19.4. The van der Waals surface area contributed by atoms with Gasteiger partial charge in [0.05, 0.1) is 9.82 Å². The van der Waals surface area contributed by atoms with E-state index in [9.17, 15) is 22.9 Å². The van der Waals surface area contributed by atoms with Gasteiger partial charge in [0.1, 0.15) is 11.5 Å². The predicted molar refractivity (Wildman–Crippen MR) is 129 cm³/mol. The lowest BCUT2D eigenvalue weighted by Crippen LogP contribution is -2.48. The standard InChI is InChI=1S/C24H25FN4O4S/c1-18(19-5-3-2-4-6-19)26-23-17-21(9-12-24(23)29(30)31)27-13-15-28(16-14-27)34(32,33)22-10-7-20(25)8-11-22/h2-12,17-18,26H,13-16H2,1H3/t18-/m1/s1. The molecule has 1 atom stereocenters. The number of hydrogen-bond acceptors (Lipinski definition) is 6. The number of hydrogen-bond donors (Lipinski definition) is 1. The lowest BCUT2D eigenvalue weighted by Gasteiger charge is -2.35. The lowest BCUT2D eigenvalue weighted by molar-refractivity contribution is -0.384. The van der Waals surface area contributed by atoms with Crippen molar-refractivity contribution < 1.29 is 17.7 Å². The van der Waals surface area contributed by atoms with Gasteiger partial charge < -0.3 is 10.2 Å². The number of nitro benzene ring substituents is 1. The molecular formula is C24H25FN4O4S. The predicted octanol–water partition coefficient (Wildman–Crippen LogP) is 4.42. The minimum atomic E-state index is -3.72. The molecule has 0 amide bonds. The maximum absolute atomic E-state index is 13.2. The van der Waals surface area contributed by atoms with Crippen LogP contribution in [0.5, 0.6) is 0 Å². The molecular weight excluding hydrogens is 459 g/mol. The number of nitrogens with one attached hydrogen (secondary N) is 1. The Kier molecular flexibility index (Phi) is 6.80. The molecule has 34 heavy (non-hydrogen) atoms. The first-order chi connectivity index (χ1) is 16.3. The van der Waals surface area contributed by atoms with E-state index in [1.807, 2.05) is 42.2 Å². The van der Waals surface area contributed by atoms with Crippen LogP contribution in [0.15, 0.2) is 77.7 Å². The van der Waals surface area contributed by atoms with E-state index in [1.165, 1.54) is 22.5 Å². The van der Waals surface area contributed by atoms with E-state index >= 15 is 0 Å². The SMILES string of the molecule is C[C@@H](Nc1cc(N2CCN(S(=O)(=O)c3ccc(F)cc3)CC2)ccc1[N+](=O)[O-])c1ccccc1. The molecule has 0 radical (unpaired) electrons. The van der Waals surface area contributed by atoms with Gasteiger partial charge in [0.2, 0.25) is 10.0 Å². The van der Waals surface area contributed by atoms with Gasteiger partial charge in [-0.15, -0.1) is 0 Å².